The normalized spacial score (nSPS) is 17.6. The molecule has 3 rings (SSSR count). The standard InChI is InChI=1S/C17H23N3O2/c1-13-18-19-17(22-13)20-11-9-15(10-12-20)16(21)8-7-14-5-3-2-4-6-14/h2-6,15-16,21H,7-12H2,1H3/t16-/m0/s1. The summed E-state index contributed by atoms with van der Waals surface area (Å²) in [4.78, 5) is 2.11. The van der Waals surface area contributed by atoms with E-state index < -0.39 is 0 Å². The van der Waals surface area contributed by atoms with Crippen molar-refractivity contribution in [2.24, 2.45) is 5.92 Å². The quantitative estimate of drug-likeness (QED) is 0.919. The first-order valence-electron chi connectivity index (χ1n) is 7.99. The number of anilines is 1. The molecule has 0 saturated carbocycles. The van der Waals surface area contributed by atoms with Crippen molar-refractivity contribution in [3.8, 4) is 0 Å². The lowest BCUT2D eigenvalue weighted by Gasteiger charge is -2.33. The first-order chi connectivity index (χ1) is 10.7. The third-order valence-electron chi connectivity index (χ3n) is 4.44. The molecule has 2 aromatic rings. The molecule has 1 saturated heterocycles. The van der Waals surface area contributed by atoms with E-state index in [0.717, 1.165) is 38.8 Å². The smallest absolute Gasteiger partial charge is 0.318 e. The van der Waals surface area contributed by atoms with E-state index in [0.29, 0.717) is 17.8 Å². The molecule has 1 aromatic carbocycles. The van der Waals surface area contributed by atoms with Gasteiger partial charge in [0.15, 0.2) is 0 Å². The van der Waals surface area contributed by atoms with Gasteiger partial charge in [0.05, 0.1) is 6.10 Å². The lowest BCUT2D eigenvalue weighted by atomic mass is 9.88. The number of aliphatic hydroxyl groups is 1. The van der Waals surface area contributed by atoms with Gasteiger partial charge in [0.1, 0.15) is 0 Å². The van der Waals surface area contributed by atoms with E-state index in [4.69, 9.17) is 4.42 Å². The highest BCUT2D eigenvalue weighted by molar-refractivity contribution is 5.24. The van der Waals surface area contributed by atoms with Gasteiger partial charge < -0.3 is 14.4 Å². The summed E-state index contributed by atoms with van der Waals surface area (Å²) in [5.41, 5.74) is 1.29. The fraction of sp³-hybridized carbons (Fsp3) is 0.529. The van der Waals surface area contributed by atoms with Crippen LogP contribution in [0.4, 0.5) is 6.01 Å². The second kappa shape index (κ2) is 6.92. The number of nitrogens with zero attached hydrogens (tertiary/aromatic N) is 3. The zero-order valence-electron chi connectivity index (χ0n) is 13.0. The molecule has 1 fully saturated rings. The Balaban J connectivity index is 1.46. The zero-order valence-corrected chi connectivity index (χ0v) is 13.0. The van der Waals surface area contributed by atoms with Crippen molar-refractivity contribution in [2.45, 2.75) is 38.7 Å². The number of piperidine rings is 1. The van der Waals surface area contributed by atoms with E-state index in [2.05, 4.69) is 27.2 Å². The van der Waals surface area contributed by atoms with Crippen LogP contribution in [0.1, 0.15) is 30.7 Å². The van der Waals surface area contributed by atoms with E-state index in [9.17, 15) is 5.11 Å². The molecule has 0 spiro atoms. The minimum Gasteiger partial charge on any atom is -0.408 e. The lowest BCUT2D eigenvalue weighted by Crippen LogP contribution is -2.38. The second-order valence-corrected chi connectivity index (χ2v) is 6.02. The number of hydrogen-bond donors (Lipinski definition) is 1. The maximum Gasteiger partial charge on any atom is 0.318 e. The molecule has 5 nitrogen and oxygen atoms in total. The minimum absolute atomic E-state index is 0.230. The lowest BCUT2D eigenvalue weighted by molar-refractivity contribution is 0.0844. The maximum absolute atomic E-state index is 10.4. The Morgan fingerprint density at radius 3 is 2.59 bits per heavy atom. The van der Waals surface area contributed by atoms with Crippen LogP contribution in [-0.2, 0) is 6.42 Å². The fourth-order valence-electron chi connectivity index (χ4n) is 3.08. The Hall–Kier alpha value is -1.88. The van der Waals surface area contributed by atoms with Crippen molar-refractivity contribution in [2.75, 3.05) is 18.0 Å². The van der Waals surface area contributed by atoms with E-state index in [1.807, 2.05) is 18.2 Å². The molecule has 0 amide bonds. The highest BCUT2D eigenvalue weighted by Crippen LogP contribution is 2.26. The molecular formula is C17H23N3O2. The monoisotopic (exact) mass is 301 g/mol. The van der Waals surface area contributed by atoms with E-state index in [1.165, 1.54) is 5.56 Å². The van der Waals surface area contributed by atoms with Gasteiger partial charge in [0, 0.05) is 20.0 Å². The largest absolute Gasteiger partial charge is 0.408 e. The van der Waals surface area contributed by atoms with E-state index in [-0.39, 0.29) is 6.10 Å². The Labute approximate surface area is 131 Å². The van der Waals surface area contributed by atoms with Crippen LogP contribution in [0, 0.1) is 12.8 Å². The molecule has 1 atom stereocenters. The van der Waals surface area contributed by atoms with Crippen molar-refractivity contribution in [3.05, 3.63) is 41.8 Å². The van der Waals surface area contributed by atoms with Crippen LogP contribution in [0.2, 0.25) is 0 Å². The molecular weight excluding hydrogens is 278 g/mol. The van der Waals surface area contributed by atoms with Gasteiger partial charge in [0.25, 0.3) is 0 Å². The highest BCUT2D eigenvalue weighted by atomic mass is 16.4. The van der Waals surface area contributed by atoms with Crippen molar-refractivity contribution < 1.29 is 9.52 Å². The first-order valence-corrected chi connectivity index (χ1v) is 7.99. The number of benzene rings is 1. The van der Waals surface area contributed by atoms with Crippen LogP contribution in [0.25, 0.3) is 0 Å². The molecule has 1 aliphatic heterocycles. The second-order valence-electron chi connectivity index (χ2n) is 6.02. The topological polar surface area (TPSA) is 62.4 Å². The van der Waals surface area contributed by atoms with Gasteiger partial charge in [0.2, 0.25) is 5.89 Å². The van der Waals surface area contributed by atoms with Crippen molar-refractivity contribution in [1.82, 2.24) is 10.2 Å². The van der Waals surface area contributed by atoms with Crippen LogP contribution < -0.4 is 4.90 Å². The summed E-state index contributed by atoms with van der Waals surface area (Å²) in [6.45, 7) is 3.54. The number of aromatic nitrogens is 2. The molecule has 5 heteroatoms. The average molecular weight is 301 g/mol. The molecule has 1 aromatic heterocycles. The predicted molar refractivity (Wildman–Crippen MR) is 84.7 cm³/mol. The third-order valence-corrected chi connectivity index (χ3v) is 4.44. The molecule has 1 N–H and O–H groups in total. The van der Waals surface area contributed by atoms with Gasteiger partial charge in [-0.25, -0.2) is 0 Å². The van der Waals surface area contributed by atoms with Gasteiger partial charge in [-0.15, -0.1) is 5.10 Å². The molecule has 22 heavy (non-hydrogen) atoms. The van der Waals surface area contributed by atoms with Crippen LogP contribution >= 0.6 is 0 Å². The molecule has 2 heterocycles. The van der Waals surface area contributed by atoms with Gasteiger partial charge in [-0.3, -0.25) is 0 Å². The number of hydrogen-bond acceptors (Lipinski definition) is 5. The van der Waals surface area contributed by atoms with Crippen molar-refractivity contribution in [3.63, 3.8) is 0 Å². The first kappa shape index (κ1) is 15.0. The Morgan fingerprint density at radius 2 is 1.95 bits per heavy atom. The summed E-state index contributed by atoms with van der Waals surface area (Å²) in [6.07, 6.45) is 3.47. The third kappa shape index (κ3) is 3.65. The predicted octanol–water partition coefficient (Wildman–Crippen LogP) is 2.59. The Bertz CT molecular complexity index is 577. The molecule has 0 unspecified atom stereocenters. The summed E-state index contributed by atoms with van der Waals surface area (Å²) in [7, 11) is 0. The van der Waals surface area contributed by atoms with E-state index >= 15 is 0 Å². The van der Waals surface area contributed by atoms with Crippen LogP contribution in [0.3, 0.4) is 0 Å². The number of aliphatic hydroxyl groups excluding tert-OH is 1. The van der Waals surface area contributed by atoms with Crippen LogP contribution in [0.5, 0.6) is 0 Å². The molecule has 1 aliphatic rings. The molecule has 118 valence electrons. The summed E-state index contributed by atoms with van der Waals surface area (Å²) in [5.74, 6) is 0.962. The van der Waals surface area contributed by atoms with Crippen molar-refractivity contribution >= 4 is 6.01 Å². The average Bonchev–Trinajstić information content (AvgIpc) is 3.00. The summed E-state index contributed by atoms with van der Waals surface area (Å²) in [6, 6.07) is 11.0. The zero-order chi connectivity index (χ0) is 15.4. The van der Waals surface area contributed by atoms with Gasteiger partial charge in [-0.1, -0.05) is 35.4 Å². The SMILES string of the molecule is Cc1nnc(N2CCC([C@@H](O)CCc3ccccc3)CC2)o1. The fourth-order valence-corrected chi connectivity index (χ4v) is 3.08. The maximum atomic E-state index is 10.4. The molecule has 0 bridgehead atoms. The Kier molecular flexibility index (Phi) is 4.73. The number of aryl methyl sites for hydroxylation is 2. The van der Waals surface area contributed by atoms with Crippen molar-refractivity contribution in [1.29, 1.82) is 0 Å². The van der Waals surface area contributed by atoms with Crippen LogP contribution in [0.15, 0.2) is 34.7 Å². The summed E-state index contributed by atoms with van der Waals surface area (Å²) >= 11 is 0. The highest BCUT2D eigenvalue weighted by Gasteiger charge is 2.27. The summed E-state index contributed by atoms with van der Waals surface area (Å²) in [5, 5.41) is 18.4. The van der Waals surface area contributed by atoms with E-state index in [1.54, 1.807) is 6.92 Å². The Morgan fingerprint density at radius 1 is 1.23 bits per heavy atom. The minimum atomic E-state index is -0.230. The molecule has 0 aliphatic carbocycles. The number of rotatable bonds is 5. The van der Waals surface area contributed by atoms with Crippen LogP contribution in [-0.4, -0.2) is 34.5 Å². The van der Waals surface area contributed by atoms with Gasteiger partial charge in [-0.2, -0.15) is 0 Å². The molecule has 0 radical (unpaired) electrons. The van der Waals surface area contributed by atoms with Gasteiger partial charge >= 0.3 is 6.01 Å². The van der Waals surface area contributed by atoms with Gasteiger partial charge in [-0.05, 0) is 37.2 Å². The summed E-state index contributed by atoms with van der Waals surface area (Å²) < 4.78 is 5.47.